The fourth-order valence-electron chi connectivity index (χ4n) is 2.23. The zero-order chi connectivity index (χ0) is 12.6. The van der Waals surface area contributed by atoms with Crippen LogP contribution >= 0.6 is 11.6 Å². The highest BCUT2D eigenvalue weighted by molar-refractivity contribution is 6.30. The molecule has 0 saturated carbocycles. The second-order valence-corrected chi connectivity index (χ2v) is 5.62. The van der Waals surface area contributed by atoms with Gasteiger partial charge in [0.1, 0.15) is 5.15 Å². The summed E-state index contributed by atoms with van der Waals surface area (Å²) >= 11 is 6.27. The molecule has 0 bridgehead atoms. The van der Waals surface area contributed by atoms with Gasteiger partial charge >= 0.3 is 0 Å². The van der Waals surface area contributed by atoms with Crippen molar-refractivity contribution in [2.75, 3.05) is 19.8 Å². The van der Waals surface area contributed by atoms with Gasteiger partial charge < -0.3 is 4.74 Å². The van der Waals surface area contributed by atoms with Gasteiger partial charge in [-0.2, -0.15) is 5.10 Å². The van der Waals surface area contributed by atoms with E-state index in [0.717, 1.165) is 42.7 Å². The molecule has 96 valence electrons. The molecule has 0 unspecified atom stereocenters. The molecule has 2 heterocycles. The third-order valence-electron chi connectivity index (χ3n) is 3.44. The lowest BCUT2D eigenvalue weighted by Crippen LogP contribution is -2.52. The van der Waals surface area contributed by atoms with Crippen LogP contribution in [0.1, 0.15) is 25.1 Å². The Morgan fingerprint density at radius 3 is 2.71 bits per heavy atom. The molecule has 0 atom stereocenters. The Bertz CT molecular complexity index is 414. The van der Waals surface area contributed by atoms with Gasteiger partial charge in [-0.1, -0.05) is 11.6 Å². The minimum atomic E-state index is 0.0594. The number of morpholine rings is 1. The van der Waals surface area contributed by atoms with Gasteiger partial charge in [-0.15, -0.1) is 0 Å². The van der Waals surface area contributed by atoms with Crippen molar-refractivity contribution in [1.82, 2.24) is 14.7 Å². The Labute approximate surface area is 107 Å². The predicted octanol–water partition coefficient (Wildman–Crippen LogP) is 1.99. The normalized spacial score (nSPS) is 20.8. The second kappa shape index (κ2) is 4.59. The van der Waals surface area contributed by atoms with Crippen molar-refractivity contribution in [2.45, 2.75) is 32.9 Å². The smallest absolute Gasteiger partial charge is 0.131 e. The van der Waals surface area contributed by atoms with Gasteiger partial charge in [0, 0.05) is 31.2 Å². The first kappa shape index (κ1) is 12.9. The average Bonchev–Trinajstić information content (AvgIpc) is 2.47. The highest BCUT2D eigenvalue weighted by Crippen LogP contribution is 2.26. The zero-order valence-corrected chi connectivity index (χ0v) is 11.7. The van der Waals surface area contributed by atoms with E-state index in [-0.39, 0.29) is 5.54 Å². The molecule has 1 aliphatic rings. The summed E-state index contributed by atoms with van der Waals surface area (Å²) in [4.78, 5) is 2.41. The second-order valence-electron chi connectivity index (χ2n) is 5.26. The largest absolute Gasteiger partial charge is 0.378 e. The fourth-order valence-corrected chi connectivity index (χ4v) is 2.46. The monoisotopic (exact) mass is 257 g/mol. The summed E-state index contributed by atoms with van der Waals surface area (Å²) in [5.74, 6) is 0. The molecule has 0 N–H and O–H groups in total. The summed E-state index contributed by atoms with van der Waals surface area (Å²) in [6, 6.07) is 0. The van der Waals surface area contributed by atoms with Crippen molar-refractivity contribution in [3.63, 3.8) is 0 Å². The molecule has 0 aliphatic carbocycles. The molecule has 17 heavy (non-hydrogen) atoms. The molecular weight excluding hydrogens is 238 g/mol. The summed E-state index contributed by atoms with van der Waals surface area (Å²) in [7, 11) is 1.88. The molecule has 5 heteroatoms. The number of ether oxygens (including phenoxy) is 1. The third kappa shape index (κ3) is 2.49. The van der Waals surface area contributed by atoms with Crippen molar-refractivity contribution in [2.24, 2.45) is 7.05 Å². The summed E-state index contributed by atoms with van der Waals surface area (Å²) < 4.78 is 7.26. The lowest BCUT2D eigenvalue weighted by atomic mass is 10.0. The first-order valence-electron chi connectivity index (χ1n) is 5.92. The maximum absolute atomic E-state index is 6.27. The highest BCUT2D eigenvalue weighted by atomic mass is 35.5. The van der Waals surface area contributed by atoms with Crippen LogP contribution < -0.4 is 0 Å². The summed E-state index contributed by atoms with van der Waals surface area (Å²) in [5, 5.41) is 5.09. The first-order chi connectivity index (χ1) is 7.92. The number of halogens is 1. The molecule has 1 aromatic heterocycles. The topological polar surface area (TPSA) is 30.3 Å². The van der Waals surface area contributed by atoms with Crippen LogP contribution in [0.25, 0.3) is 0 Å². The van der Waals surface area contributed by atoms with Crippen molar-refractivity contribution < 1.29 is 4.74 Å². The van der Waals surface area contributed by atoms with Crippen LogP contribution in [-0.2, 0) is 18.3 Å². The zero-order valence-electron chi connectivity index (χ0n) is 11.0. The molecule has 1 aromatic rings. The molecule has 0 aromatic carbocycles. The Kier molecular flexibility index (Phi) is 3.48. The molecule has 4 nitrogen and oxygen atoms in total. The number of aromatic nitrogens is 2. The van der Waals surface area contributed by atoms with Gasteiger partial charge in [0.05, 0.1) is 18.9 Å². The summed E-state index contributed by atoms with van der Waals surface area (Å²) in [6.07, 6.45) is 0. The quantitative estimate of drug-likeness (QED) is 0.812. The molecule has 1 fully saturated rings. The van der Waals surface area contributed by atoms with Gasteiger partial charge in [0.2, 0.25) is 0 Å². The number of hydrogen-bond acceptors (Lipinski definition) is 3. The van der Waals surface area contributed by atoms with E-state index >= 15 is 0 Å². The van der Waals surface area contributed by atoms with Gasteiger partial charge in [-0.05, 0) is 20.8 Å². The van der Waals surface area contributed by atoms with Crippen LogP contribution in [0.5, 0.6) is 0 Å². The van der Waals surface area contributed by atoms with E-state index in [2.05, 4.69) is 23.8 Å². The third-order valence-corrected chi connectivity index (χ3v) is 3.91. The van der Waals surface area contributed by atoms with E-state index in [0.29, 0.717) is 0 Å². The summed E-state index contributed by atoms with van der Waals surface area (Å²) in [6.45, 7) is 9.75. The van der Waals surface area contributed by atoms with Crippen molar-refractivity contribution in [3.05, 3.63) is 16.4 Å². The maximum atomic E-state index is 6.27. The Hall–Kier alpha value is -0.580. The lowest BCUT2D eigenvalue weighted by molar-refractivity contribution is -0.0553. The average molecular weight is 258 g/mol. The molecule has 1 aliphatic heterocycles. The van der Waals surface area contributed by atoms with E-state index in [9.17, 15) is 0 Å². The fraction of sp³-hybridized carbons (Fsp3) is 0.750. The Morgan fingerprint density at radius 1 is 1.47 bits per heavy atom. The highest BCUT2D eigenvalue weighted by Gasteiger charge is 2.31. The van der Waals surface area contributed by atoms with E-state index < -0.39 is 0 Å². The first-order valence-corrected chi connectivity index (χ1v) is 6.30. The van der Waals surface area contributed by atoms with Gasteiger partial charge in [-0.25, -0.2) is 0 Å². The van der Waals surface area contributed by atoms with Crippen LogP contribution in [0.2, 0.25) is 5.15 Å². The number of aryl methyl sites for hydroxylation is 2. The lowest BCUT2D eigenvalue weighted by Gasteiger charge is -2.42. The maximum Gasteiger partial charge on any atom is 0.131 e. The SMILES string of the molecule is Cc1nn(C)c(Cl)c1CN1CCOCC1(C)C. The molecular formula is C12H20ClN3O. The van der Waals surface area contributed by atoms with E-state index in [1.165, 1.54) is 0 Å². The number of hydrogen-bond donors (Lipinski definition) is 0. The van der Waals surface area contributed by atoms with E-state index in [1.54, 1.807) is 4.68 Å². The summed E-state index contributed by atoms with van der Waals surface area (Å²) in [5.41, 5.74) is 2.20. The molecule has 0 spiro atoms. The minimum Gasteiger partial charge on any atom is -0.378 e. The van der Waals surface area contributed by atoms with Gasteiger partial charge in [-0.3, -0.25) is 9.58 Å². The van der Waals surface area contributed by atoms with Crippen LogP contribution in [0.4, 0.5) is 0 Å². The molecule has 0 radical (unpaired) electrons. The molecule has 1 saturated heterocycles. The van der Waals surface area contributed by atoms with Crippen molar-refractivity contribution >= 4 is 11.6 Å². The van der Waals surface area contributed by atoms with E-state index in [4.69, 9.17) is 16.3 Å². The molecule has 0 amide bonds. The standard InChI is InChI=1S/C12H20ClN3O/c1-9-10(11(13)15(4)14-9)7-16-5-6-17-8-12(16,2)3/h5-8H2,1-4H3. The number of nitrogens with zero attached hydrogens (tertiary/aromatic N) is 3. The minimum absolute atomic E-state index is 0.0594. The number of rotatable bonds is 2. The van der Waals surface area contributed by atoms with Crippen LogP contribution in [0.15, 0.2) is 0 Å². The van der Waals surface area contributed by atoms with Crippen molar-refractivity contribution in [1.29, 1.82) is 0 Å². The van der Waals surface area contributed by atoms with Crippen LogP contribution in [0.3, 0.4) is 0 Å². The van der Waals surface area contributed by atoms with Crippen molar-refractivity contribution in [3.8, 4) is 0 Å². The Balaban J connectivity index is 2.20. The van der Waals surface area contributed by atoms with Gasteiger partial charge in [0.25, 0.3) is 0 Å². The van der Waals surface area contributed by atoms with Crippen LogP contribution in [0, 0.1) is 6.92 Å². The van der Waals surface area contributed by atoms with Gasteiger partial charge in [0.15, 0.2) is 0 Å². The molecule has 2 rings (SSSR count). The predicted molar refractivity (Wildman–Crippen MR) is 68.3 cm³/mol. The van der Waals surface area contributed by atoms with Crippen LogP contribution in [-0.4, -0.2) is 40.0 Å². The van der Waals surface area contributed by atoms with E-state index in [1.807, 2.05) is 14.0 Å². The Morgan fingerprint density at radius 2 is 2.18 bits per heavy atom.